The molecule has 6 heteroatoms. The SMILES string of the molecule is C/C=C/CC/C=C/CCCC(O)C(O)C(CO)NC(=O)C(O)CCCCCC/C=C\CCCCC. The number of hydrogen-bond acceptors (Lipinski definition) is 5. The molecule has 0 aliphatic rings. The van der Waals surface area contributed by atoms with Crippen molar-refractivity contribution < 1.29 is 25.2 Å². The van der Waals surface area contributed by atoms with Gasteiger partial charge < -0.3 is 25.7 Å². The Labute approximate surface area is 214 Å². The molecule has 6 nitrogen and oxygen atoms in total. The average molecular weight is 496 g/mol. The van der Waals surface area contributed by atoms with Crippen molar-refractivity contribution in [2.75, 3.05) is 6.61 Å². The summed E-state index contributed by atoms with van der Waals surface area (Å²) in [6, 6.07) is -1.01. The van der Waals surface area contributed by atoms with Crippen LogP contribution in [-0.2, 0) is 4.79 Å². The third-order valence-corrected chi connectivity index (χ3v) is 6.15. The number of hydrogen-bond donors (Lipinski definition) is 5. The van der Waals surface area contributed by atoms with Crippen molar-refractivity contribution in [2.24, 2.45) is 0 Å². The lowest BCUT2D eigenvalue weighted by molar-refractivity contribution is -0.132. The molecule has 204 valence electrons. The predicted octanol–water partition coefficient (Wildman–Crippen LogP) is 5.11. The van der Waals surface area contributed by atoms with Gasteiger partial charge in [0.2, 0.25) is 5.91 Å². The molecule has 35 heavy (non-hydrogen) atoms. The highest BCUT2D eigenvalue weighted by Gasteiger charge is 2.28. The van der Waals surface area contributed by atoms with Crippen LogP contribution in [0.2, 0.25) is 0 Å². The summed E-state index contributed by atoms with van der Waals surface area (Å²) in [7, 11) is 0. The molecule has 0 radical (unpaired) electrons. The fourth-order valence-electron chi connectivity index (χ4n) is 3.83. The maximum Gasteiger partial charge on any atom is 0.249 e. The van der Waals surface area contributed by atoms with Gasteiger partial charge in [0, 0.05) is 0 Å². The monoisotopic (exact) mass is 495 g/mol. The molecule has 5 N–H and O–H groups in total. The van der Waals surface area contributed by atoms with Gasteiger partial charge in [-0.1, -0.05) is 75.5 Å². The predicted molar refractivity (Wildman–Crippen MR) is 145 cm³/mol. The Balaban J connectivity index is 4.05. The number of unbranched alkanes of at least 4 members (excludes halogenated alkanes) is 9. The van der Waals surface area contributed by atoms with Crippen molar-refractivity contribution >= 4 is 5.91 Å². The van der Waals surface area contributed by atoms with Crippen molar-refractivity contribution in [1.29, 1.82) is 0 Å². The molecule has 0 aromatic rings. The van der Waals surface area contributed by atoms with E-state index < -0.39 is 36.9 Å². The van der Waals surface area contributed by atoms with Crippen LogP contribution >= 0.6 is 0 Å². The van der Waals surface area contributed by atoms with E-state index in [1.807, 2.05) is 13.0 Å². The second-order valence-electron chi connectivity index (χ2n) is 9.38. The molecule has 0 aliphatic heterocycles. The first-order valence-corrected chi connectivity index (χ1v) is 13.8. The average Bonchev–Trinajstić information content (AvgIpc) is 2.86. The van der Waals surface area contributed by atoms with Gasteiger partial charge >= 0.3 is 0 Å². The second kappa shape index (κ2) is 24.2. The first-order valence-electron chi connectivity index (χ1n) is 13.8. The van der Waals surface area contributed by atoms with Crippen LogP contribution in [0.1, 0.15) is 110 Å². The van der Waals surface area contributed by atoms with Crippen LogP contribution in [0.5, 0.6) is 0 Å². The number of amides is 1. The van der Waals surface area contributed by atoms with Crippen molar-refractivity contribution in [3.05, 3.63) is 36.5 Å². The van der Waals surface area contributed by atoms with E-state index in [1.54, 1.807) is 0 Å². The summed E-state index contributed by atoms with van der Waals surface area (Å²) in [5.74, 6) is -0.616. The molecule has 4 unspecified atom stereocenters. The highest BCUT2D eigenvalue weighted by atomic mass is 16.3. The van der Waals surface area contributed by atoms with Gasteiger partial charge in [0.15, 0.2) is 0 Å². The van der Waals surface area contributed by atoms with Crippen LogP contribution in [0.3, 0.4) is 0 Å². The highest BCUT2D eigenvalue weighted by Crippen LogP contribution is 2.12. The Hall–Kier alpha value is -1.47. The lowest BCUT2D eigenvalue weighted by atomic mass is 10.00. The van der Waals surface area contributed by atoms with Crippen molar-refractivity contribution in [3.63, 3.8) is 0 Å². The normalized spacial score (nSPS) is 15.7. The van der Waals surface area contributed by atoms with Crippen molar-refractivity contribution in [2.45, 2.75) is 135 Å². The lowest BCUT2D eigenvalue weighted by Crippen LogP contribution is -2.53. The van der Waals surface area contributed by atoms with Crippen LogP contribution in [0, 0.1) is 0 Å². The maximum atomic E-state index is 12.3. The Bertz CT molecular complexity index is 575. The Morgan fingerprint density at radius 2 is 1.31 bits per heavy atom. The van der Waals surface area contributed by atoms with Gasteiger partial charge in [-0.15, -0.1) is 0 Å². The summed E-state index contributed by atoms with van der Waals surface area (Å²) in [4.78, 5) is 12.3. The standard InChI is InChI=1S/C29H53NO5/c1-3-5-7-9-11-13-14-15-17-19-21-23-27(33)29(35)30-25(24-31)28(34)26(32)22-20-18-16-12-10-8-6-4-2/h4,6,11-13,16,25-28,31-34H,3,5,7-10,14-15,17-24H2,1-2H3,(H,30,35)/b6-4+,13-11-,16-12+. The molecule has 0 spiro atoms. The number of rotatable bonds is 23. The van der Waals surface area contributed by atoms with E-state index in [0.29, 0.717) is 19.3 Å². The van der Waals surface area contributed by atoms with Gasteiger partial charge in [-0.05, 0) is 71.1 Å². The molecule has 1 amide bonds. The fraction of sp³-hybridized carbons (Fsp3) is 0.759. The second-order valence-corrected chi connectivity index (χ2v) is 9.38. The van der Waals surface area contributed by atoms with Crippen LogP contribution in [0.15, 0.2) is 36.5 Å². The molecule has 0 heterocycles. The third-order valence-electron chi connectivity index (χ3n) is 6.15. The highest BCUT2D eigenvalue weighted by molar-refractivity contribution is 5.80. The molecule has 0 aromatic heterocycles. The number of carbonyl (C=O) groups excluding carboxylic acids is 1. The van der Waals surface area contributed by atoms with E-state index in [-0.39, 0.29) is 0 Å². The third kappa shape index (κ3) is 19.4. The first-order chi connectivity index (χ1) is 17.0. The number of carbonyl (C=O) groups is 1. The van der Waals surface area contributed by atoms with Crippen LogP contribution in [0.4, 0.5) is 0 Å². The van der Waals surface area contributed by atoms with Gasteiger partial charge in [0.25, 0.3) is 0 Å². The van der Waals surface area contributed by atoms with Crippen LogP contribution in [-0.4, -0.2) is 57.3 Å². The maximum absolute atomic E-state index is 12.3. The topological polar surface area (TPSA) is 110 Å². The molecule has 0 saturated carbocycles. The molecule has 0 rings (SSSR count). The van der Waals surface area contributed by atoms with E-state index >= 15 is 0 Å². The Kier molecular flexibility index (Phi) is 23.2. The van der Waals surface area contributed by atoms with E-state index in [0.717, 1.165) is 57.8 Å². The zero-order chi connectivity index (χ0) is 26.2. The quantitative estimate of drug-likeness (QED) is 0.1000. The molecule has 0 fully saturated rings. The van der Waals surface area contributed by atoms with Crippen LogP contribution in [0.25, 0.3) is 0 Å². The first kappa shape index (κ1) is 33.5. The summed E-state index contributed by atoms with van der Waals surface area (Å²) in [5, 5.41) is 42.8. The van der Waals surface area contributed by atoms with Gasteiger partial charge in [0.1, 0.15) is 12.2 Å². The molecule has 0 saturated heterocycles. The van der Waals surface area contributed by atoms with Crippen molar-refractivity contribution in [1.82, 2.24) is 5.32 Å². The van der Waals surface area contributed by atoms with Gasteiger partial charge in [-0.3, -0.25) is 4.79 Å². The number of allylic oxidation sites excluding steroid dienone is 6. The fourth-order valence-corrected chi connectivity index (χ4v) is 3.83. The summed E-state index contributed by atoms with van der Waals surface area (Å²) in [6.07, 6.45) is 23.4. The Morgan fingerprint density at radius 3 is 1.94 bits per heavy atom. The summed E-state index contributed by atoms with van der Waals surface area (Å²) >= 11 is 0. The summed E-state index contributed by atoms with van der Waals surface area (Å²) in [5.41, 5.74) is 0. The van der Waals surface area contributed by atoms with E-state index in [2.05, 4.69) is 42.6 Å². The molecule has 0 bridgehead atoms. The largest absolute Gasteiger partial charge is 0.394 e. The Morgan fingerprint density at radius 1 is 0.743 bits per heavy atom. The van der Waals surface area contributed by atoms with Gasteiger partial charge in [-0.25, -0.2) is 0 Å². The molecule has 4 atom stereocenters. The molecular weight excluding hydrogens is 442 g/mol. The van der Waals surface area contributed by atoms with Gasteiger partial charge in [0.05, 0.1) is 18.8 Å². The summed E-state index contributed by atoms with van der Waals surface area (Å²) in [6.45, 7) is 3.70. The number of aliphatic hydroxyl groups is 4. The number of aliphatic hydroxyl groups excluding tert-OH is 4. The number of nitrogens with one attached hydrogen (secondary N) is 1. The minimum Gasteiger partial charge on any atom is -0.394 e. The van der Waals surface area contributed by atoms with Crippen LogP contribution < -0.4 is 5.32 Å². The van der Waals surface area contributed by atoms with Crippen molar-refractivity contribution in [3.8, 4) is 0 Å². The van der Waals surface area contributed by atoms with E-state index in [1.165, 1.54) is 19.3 Å². The molecule has 0 aliphatic carbocycles. The minimum atomic E-state index is -1.29. The lowest BCUT2D eigenvalue weighted by Gasteiger charge is -2.27. The zero-order valence-electron chi connectivity index (χ0n) is 22.3. The van der Waals surface area contributed by atoms with E-state index in [4.69, 9.17) is 0 Å². The summed E-state index contributed by atoms with van der Waals surface area (Å²) < 4.78 is 0. The smallest absolute Gasteiger partial charge is 0.249 e. The van der Waals surface area contributed by atoms with Gasteiger partial charge in [-0.2, -0.15) is 0 Å². The van der Waals surface area contributed by atoms with E-state index in [9.17, 15) is 25.2 Å². The zero-order valence-corrected chi connectivity index (χ0v) is 22.3. The minimum absolute atomic E-state index is 0.343. The molecule has 0 aromatic carbocycles. The molecular formula is C29H53NO5.